The lowest BCUT2D eigenvalue weighted by Crippen LogP contribution is -2.25. The second-order valence-corrected chi connectivity index (χ2v) is 5.07. The zero-order valence-electron chi connectivity index (χ0n) is 10.9. The van der Waals surface area contributed by atoms with Gasteiger partial charge < -0.3 is 10.4 Å². The van der Waals surface area contributed by atoms with Crippen LogP contribution in [-0.4, -0.2) is 27.4 Å². The summed E-state index contributed by atoms with van der Waals surface area (Å²) < 4.78 is 1.64. The van der Waals surface area contributed by atoms with E-state index >= 15 is 0 Å². The number of aromatic nitrogens is 2. The molecule has 0 bridgehead atoms. The van der Waals surface area contributed by atoms with Crippen molar-refractivity contribution in [1.82, 2.24) is 15.1 Å². The third-order valence-corrected chi connectivity index (χ3v) is 3.74. The monoisotopic (exact) mass is 251 g/mol. The minimum absolute atomic E-state index is 0.300. The molecule has 1 aliphatic rings. The van der Waals surface area contributed by atoms with Crippen LogP contribution < -0.4 is 5.32 Å². The molecule has 0 saturated heterocycles. The summed E-state index contributed by atoms with van der Waals surface area (Å²) >= 11 is 0. The van der Waals surface area contributed by atoms with Gasteiger partial charge in [0.2, 0.25) is 0 Å². The standard InChI is InChI=1S/C13H21N3O2/c1-16-12(11(8-15-16)13(17)18)9-14-7-10-5-3-2-4-6-10/h8,10,14H,2-7,9H2,1H3,(H,17,18). The second kappa shape index (κ2) is 6.00. The zero-order valence-corrected chi connectivity index (χ0v) is 10.9. The molecule has 1 aromatic rings. The van der Waals surface area contributed by atoms with Crippen LogP contribution in [0.5, 0.6) is 0 Å². The highest BCUT2D eigenvalue weighted by molar-refractivity contribution is 5.88. The molecule has 1 saturated carbocycles. The van der Waals surface area contributed by atoms with E-state index in [0.29, 0.717) is 12.1 Å². The molecule has 1 fully saturated rings. The molecule has 0 aromatic carbocycles. The normalized spacial score (nSPS) is 16.9. The van der Waals surface area contributed by atoms with Gasteiger partial charge in [0.1, 0.15) is 5.56 Å². The highest BCUT2D eigenvalue weighted by atomic mass is 16.4. The number of rotatable bonds is 5. The van der Waals surface area contributed by atoms with E-state index in [1.54, 1.807) is 11.7 Å². The van der Waals surface area contributed by atoms with E-state index in [-0.39, 0.29) is 0 Å². The number of carboxylic acids is 1. The third-order valence-electron chi connectivity index (χ3n) is 3.74. The fourth-order valence-corrected chi connectivity index (χ4v) is 2.64. The first-order valence-corrected chi connectivity index (χ1v) is 6.63. The highest BCUT2D eigenvalue weighted by Gasteiger charge is 2.16. The predicted octanol–water partition coefficient (Wildman–Crippen LogP) is 1.79. The molecule has 0 spiro atoms. The largest absolute Gasteiger partial charge is 0.478 e. The molecule has 5 heteroatoms. The van der Waals surface area contributed by atoms with Gasteiger partial charge in [-0.25, -0.2) is 4.79 Å². The van der Waals surface area contributed by atoms with E-state index in [9.17, 15) is 4.79 Å². The van der Waals surface area contributed by atoms with E-state index in [0.717, 1.165) is 18.2 Å². The minimum Gasteiger partial charge on any atom is -0.478 e. The van der Waals surface area contributed by atoms with E-state index in [1.165, 1.54) is 38.3 Å². The maximum atomic E-state index is 11.0. The lowest BCUT2D eigenvalue weighted by Gasteiger charge is -2.21. The van der Waals surface area contributed by atoms with Crippen molar-refractivity contribution >= 4 is 5.97 Å². The molecular weight excluding hydrogens is 230 g/mol. The van der Waals surface area contributed by atoms with Crippen LogP contribution in [0.25, 0.3) is 0 Å². The molecule has 0 atom stereocenters. The Morgan fingerprint density at radius 3 is 2.89 bits per heavy atom. The quantitative estimate of drug-likeness (QED) is 0.837. The van der Waals surface area contributed by atoms with Crippen molar-refractivity contribution in [3.05, 3.63) is 17.5 Å². The number of hydrogen-bond donors (Lipinski definition) is 2. The van der Waals surface area contributed by atoms with E-state index in [4.69, 9.17) is 5.11 Å². The average Bonchev–Trinajstić information content (AvgIpc) is 2.73. The maximum absolute atomic E-state index is 11.0. The van der Waals surface area contributed by atoms with Crippen molar-refractivity contribution < 1.29 is 9.90 Å². The number of nitrogens with one attached hydrogen (secondary N) is 1. The first-order valence-electron chi connectivity index (χ1n) is 6.63. The average molecular weight is 251 g/mol. The summed E-state index contributed by atoms with van der Waals surface area (Å²) in [5.41, 5.74) is 1.05. The van der Waals surface area contributed by atoms with Crippen LogP contribution in [-0.2, 0) is 13.6 Å². The van der Waals surface area contributed by atoms with Crippen LogP contribution in [0.2, 0.25) is 0 Å². The molecular formula is C13H21N3O2. The Bertz CT molecular complexity index is 408. The maximum Gasteiger partial charge on any atom is 0.339 e. The van der Waals surface area contributed by atoms with Gasteiger partial charge >= 0.3 is 5.97 Å². The van der Waals surface area contributed by atoms with Gasteiger partial charge in [-0.15, -0.1) is 0 Å². The Kier molecular flexibility index (Phi) is 4.36. The van der Waals surface area contributed by atoms with Crippen LogP contribution >= 0.6 is 0 Å². The van der Waals surface area contributed by atoms with Gasteiger partial charge in [0.25, 0.3) is 0 Å². The summed E-state index contributed by atoms with van der Waals surface area (Å²) in [5, 5.41) is 16.4. The number of carboxylic acid groups (broad SMARTS) is 1. The summed E-state index contributed by atoms with van der Waals surface area (Å²) in [6, 6.07) is 0. The molecule has 1 aliphatic carbocycles. The van der Waals surface area contributed by atoms with E-state index in [2.05, 4.69) is 10.4 Å². The van der Waals surface area contributed by atoms with Crippen LogP contribution in [0.3, 0.4) is 0 Å². The van der Waals surface area contributed by atoms with Crippen LogP contribution in [0, 0.1) is 5.92 Å². The van der Waals surface area contributed by atoms with E-state index in [1.807, 2.05) is 0 Å². The van der Waals surface area contributed by atoms with Gasteiger partial charge in [0, 0.05) is 13.6 Å². The number of aromatic carboxylic acids is 1. The number of carbonyl (C=O) groups is 1. The van der Waals surface area contributed by atoms with Gasteiger partial charge in [-0.1, -0.05) is 19.3 Å². The number of aryl methyl sites for hydroxylation is 1. The topological polar surface area (TPSA) is 67.2 Å². The zero-order chi connectivity index (χ0) is 13.0. The summed E-state index contributed by atoms with van der Waals surface area (Å²) in [7, 11) is 1.78. The van der Waals surface area contributed by atoms with Crippen molar-refractivity contribution in [1.29, 1.82) is 0 Å². The number of nitrogens with zero attached hydrogens (tertiary/aromatic N) is 2. The molecule has 0 aliphatic heterocycles. The molecule has 2 N–H and O–H groups in total. The molecule has 100 valence electrons. The molecule has 0 amide bonds. The van der Waals surface area contributed by atoms with Crippen LogP contribution in [0.1, 0.15) is 48.2 Å². The van der Waals surface area contributed by atoms with E-state index < -0.39 is 5.97 Å². The Labute approximate surface area is 107 Å². The molecule has 0 radical (unpaired) electrons. The fraction of sp³-hybridized carbons (Fsp3) is 0.692. The van der Waals surface area contributed by atoms with Crippen molar-refractivity contribution in [3.63, 3.8) is 0 Å². The van der Waals surface area contributed by atoms with Crippen molar-refractivity contribution in [2.75, 3.05) is 6.54 Å². The smallest absolute Gasteiger partial charge is 0.339 e. The van der Waals surface area contributed by atoms with Gasteiger partial charge in [0.15, 0.2) is 0 Å². The first kappa shape index (κ1) is 13.1. The minimum atomic E-state index is -0.905. The molecule has 0 unspecified atom stereocenters. The predicted molar refractivity (Wildman–Crippen MR) is 68.4 cm³/mol. The fourth-order valence-electron chi connectivity index (χ4n) is 2.64. The summed E-state index contributed by atoms with van der Waals surface area (Å²) in [6.07, 6.45) is 8.03. The highest BCUT2D eigenvalue weighted by Crippen LogP contribution is 2.22. The van der Waals surface area contributed by atoms with Crippen LogP contribution in [0.15, 0.2) is 6.20 Å². The Hall–Kier alpha value is -1.36. The van der Waals surface area contributed by atoms with Gasteiger partial charge in [-0.05, 0) is 25.3 Å². The molecule has 5 nitrogen and oxygen atoms in total. The molecule has 18 heavy (non-hydrogen) atoms. The summed E-state index contributed by atoms with van der Waals surface area (Å²) in [6.45, 7) is 1.55. The lowest BCUT2D eigenvalue weighted by atomic mass is 9.89. The Balaban J connectivity index is 1.85. The van der Waals surface area contributed by atoms with Crippen molar-refractivity contribution in [3.8, 4) is 0 Å². The van der Waals surface area contributed by atoms with Gasteiger partial charge in [0.05, 0.1) is 11.9 Å². The van der Waals surface area contributed by atoms with Gasteiger partial charge in [-0.2, -0.15) is 5.10 Å². The van der Waals surface area contributed by atoms with Crippen molar-refractivity contribution in [2.24, 2.45) is 13.0 Å². The lowest BCUT2D eigenvalue weighted by molar-refractivity contribution is 0.0695. The van der Waals surface area contributed by atoms with Crippen LogP contribution in [0.4, 0.5) is 0 Å². The Morgan fingerprint density at radius 1 is 1.50 bits per heavy atom. The second-order valence-electron chi connectivity index (χ2n) is 5.07. The number of hydrogen-bond acceptors (Lipinski definition) is 3. The van der Waals surface area contributed by atoms with Crippen molar-refractivity contribution in [2.45, 2.75) is 38.6 Å². The third kappa shape index (κ3) is 3.10. The SMILES string of the molecule is Cn1ncc(C(=O)O)c1CNCC1CCCCC1. The Morgan fingerprint density at radius 2 is 2.22 bits per heavy atom. The molecule has 2 rings (SSSR count). The molecule has 1 heterocycles. The summed E-state index contributed by atoms with van der Waals surface area (Å²) in [5.74, 6) is -0.155. The molecule has 1 aromatic heterocycles. The summed E-state index contributed by atoms with van der Waals surface area (Å²) in [4.78, 5) is 11.0. The van der Waals surface area contributed by atoms with Gasteiger partial charge in [-0.3, -0.25) is 4.68 Å². The first-order chi connectivity index (χ1) is 8.68.